The number of likely N-dealkylation sites (N-methyl/N-ethyl adjacent to an activating group) is 1. The van der Waals surface area contributed by atoms with Gasteiger partial charge in [0.15, 0.2) is 5.16 Å². The molecule has 0 saturated carbocycles. The summed E-state index contributed by atoms with van der Waals surface area (Å²) in [5, 5.41) is 4.83. The molecule has 7 heteroatoms. The molecule has 1 N–H and O–H groups in total. The Kier molecular flexibility index (Phi) is 5.25. The molecule has 2 heterocycles. The first-order valence-corrected chi connectivity index (χ1v) is 9.13. The van der Waals surface area contributed by atoms with Gasteiger partial charge in [-0.25, -0.2) is 9.97 Å². The Morgan fingerprint density at radius 2 is 1.78 bits per heavy atom. The van der Waals surface area contributed by atoms with Gasteiger partial charge in [-0.15, -0.1) is 0 Å². The predicted molar refractivity (Wildman–Crippen MR) is 98.3 cm³/mol. The van der Waals surface area contributed by atoms with Gasteiger partial charge in [-0.1, -0.05) is 23.4 Å². The van der Waals surface area contributed by atoms with Crippen LogP contribution in [0.2, 0.25) is 5.02 Å². The van der Waals surface area contributed by atoms with Gasteiger partial charge < -0.3 is 15.1 Å². The summed E-state index contributed by atoms with van der Waals surface area (Å²) in [5.74, 6) is 1.79. The molecular weight excluding hydrogens is 330 g/mol. The van der Waals surface area contributed by atoms with Crippen LogP contribution in [0.5, 0.6) is 0 Å². The molecule has 0 amide bonds. The number of piperazine rings is 1. The van der Waals surface area contributed by atoms with E-state index in [9.17, 15) is 0 Å². The van der Waals surface area contributed by atoms with E-state index in [4.69, 9.17) is 11.6 Å². The van der Waals surface area contributed by atoms with Gasteiger partial charge in [0.05, 0.1) is 0 Å². The highest BCUT2D eigenvalue weighted by molar-refractivity contribution is 7.98. The number of hydrogen-bond donors (Lipinski definition) is 1. The summed E-state index contributed by atoms with van der Waals surface area (Å²) in [7, 11) is 2.15. The van der Waals surface area contributed by atoms with E-state index in [-0.39, 0.29) is 0 Å². The highest BCUT2D eigenvalue weighted by Crippen LogP contribution is 2.24. The Morgan fingerprint density at radius 1 is 1.09 bits per heavy atom. The van der Waals surface area contributed by atoms with Crippen molar-refractivity contribution >= 4 is 40.7 Å². The molecular formula is C16H20ClN5S. The van der Waals surface area contributed by atoms with Gasteiger partial charge in [-0.3, -0.25) is 0 Å². The van der Waals surface area contributed by atoms with E-state index in [0.29, 0.717) is 0 Å². The van der Waals surface area contributed by atoms with Gasteiger partial charge in [-0.05, 0) is 37.6 Å². The van der Waals surface area contributed by atoms with Crippen molar-refractivity contribution in [2.24, 2.45) is 0 Å². The van der Waals surface area contributed by atoms with Crippen LogP contribution in [0, 0.1) is 0 Å². The van der Waals surface area contributed by atoms with E-state index < -0.39 is 0 Å². The monoisotopic (exact) mass is 349 g/mol. The minimum atomic E-state index is 0.723. The first kappa shape index (κ1) is 16.4. The number of halogens is 1. The summed E-state index contributed by atoms with van der Waals surface area (Å²) in [4.78, 5) is 13.9. The van der Waals surface area contributed by atoms with Crippen LogP contribution in [-0.2, 0) is 0 Å². The van der Waals surface area contributed by atoms with Crippen molar-refractivity contribution in [2.75, 3.05) is 49.7 Å². The van der Waals surface area contributed by atoms with Crippen LogP contribution in [0.15, 0.2) is 35.5 Å². The largest absolute Gasteiger partial charge is 0.354 e. The van der Waals surface area contributed by atoms with Crippen LogP contribution in [0.1, 0.15) is 0 Å². The number of benzene rings is 1. The third kappa shape index (κ3) is 4.28. The second-order valence-corrected chi connectivity index (χ2v) is 6.73. The first-order valence-electron chi connectivity index (χ1n) is 7.53. The molecule has 23 heavy (non-hydrogen) atoms. The van der Waals surface area contributed by atoms with Crippen molar-refractivity contribution in [1.82, 2.24) is 14.9 Å². The molecule has 5 nitrogen and oxygen atoms in total. The van der Waals surface area contributed by atoms with Crippen LogP contribution < -0.4 is 10.2 Å². The molecule has 1 aromatic heterocycles. The summed E-state index contributed by atoms with van der Waals surface area (Å²) in [6.45, 7) is 4.08. The SMILES string of the molecule is CSc1nc(Nc2ccc(Cl)cc2)cc(N2CCN(C)CC2)n1. The maximum atomic E-state index is 5.93. The standard InChI is InChI=1S/C16H20ClN5S/c1-21-7-9-22(10-8-21)15-11-14(19-16(20-15)23-2)18-13-5-3-12(17)4-6-13/h3-6,11H,7-10H2,1-2H3,(H,18,19,20). The van der Waals surface area contributed by atoms with E-state index in [1.54, 1.807) is 11.8 Å². The number of anilines is 3. The molecule has 1 aliphatic heterocycles. The highest BCUT2D eigenvalue weighted by Gasteiger charge is 2.17. The van der Waals surface area contributed by atoms with Gasteiger partial charge in [0.2, 0.25) is 0 Å². The van der Waals surface area contributed by atoms with Gasteiger partial charge in [0.1, 0.15) is 11.6 Å². The molecule has 1 fully saturated rings. The zero-order valence-corrected chi connectivity index (χ0v) is 14.9. The Bertz CT molecular complexity index is 656. The molecule has 0 unspecified atom stereocenters. The maximum Gasteiger partial charge on any atom is 0.191 e. The molecule has 0 aliphatic carbocycles. The zero-order valence-electron chi connectivity index (χ0n) is 13.3. The van der Waals surface area contributed by atoms with Crippen LogP contribution in [-0.4, -0.2) is 54.4 Å². The van der Waals surface area contributed by atoms with Crippen LogP contribution in [0.25, 0.3) is 0 Å². The smallest absolute Gasteiger partial charge is 0.191 e. The summed E-state index contributed by atoms with van der Waals surface area (Å²) in [6.07, 6.45) is 2.00. The zero-order chi connectivity index (χ0) is 16.2. The lowest BCUT2D eigenvalue weighted by Crippen LogP contribution is -2.44. The van der Waals surface area contributed by atoms with E-state index in [0.717, 1.165) is 53.7 Å². The molecule has 122 valence electrons. The van der Waals surface area contributed by atoms with E-state index in [1.807, 2.05) is 36.6 Å². The Morgan fingerprint density at radius 3 is 2.43 bits per heavy atom. The van der Waals surface area contributed by atoms with Gasteiger partial charge in [0, 0.05) is 43.0 Å². The molecule has 3 rings (SSSR count). The quantitative estimate of drug-likeness (QED) is 0.674. The van der Waals surface area contributed by atoms with Gasteiger partial charge in [-0.2, -0.15) is 0 Å². The molecule has 2 aromatic rings. The number of hydrogen-bond acceptors (Lipinski definition) is 6. The Labute approximate surface area is 146 Å². The number of nitrogens with zero attached hydrogens (tertiary/aromatic N) is 4. The average molecular weight is 350 g/mol. The molecule has 0 spiro atoms. The van der Waals surface area contributed by atoms with Crippen LogP contribution in [0.4, 0.5) is 17.3 Å². The average Bonchev–Trinajstić information content (AvgIpc) is 2.57. The molecule has 1 aliphatic rings. The predicted octanol–water partition coefficient (Wildman–Crippen LogP) is 3.35. The number of aromatic nitrogens is 2. The molecule has 0 atom stereocenters. The Balaban J connectivity index is 1.82. The molecule has 0 radical (unpaired) electrons. The van der Waals surface area contributed by atoms with Crippen molar-refractivity contribution in [2.45, 2.75) is 5.16 Å². The third-order valence-corrected chi connectivity index (χ3v) is 4.62. The number of rotatable bonds is 4. The normalized spacial score (nSPS) is 15.7. The fourth-order valence-electron chi connectivity index (χ4n) is 2.45. The van der Waals surface area contributed by atoms with E-state index >= 15 is 0 Å². The van der Waals surface area contributed by atoms with E-state index in [1.165, 1.54) is 0 Å². The first-order chi connectivity index (χ1) is 11.1. The molecule has 1 saturated heterocycles. The lowest BCUT2D eigenvalue weighted by molar-refractivity contribution is 0.312. The summed E-state index contributed by atoms with van der Waals surface area (Å²) >= 11 is 7.49. The summed E-state index contributed by atoms with van der Waals surface area (Å²) < 4.78 is 0. The van der Waals surface area contributed by atoms with Crippen molar-refractivity contribution in [3.63, 3.8) is 0 Å². The molecule has 0 bridgehead atoms. The lowest BCUT2D eigenvalue weighted by Gasteiger charge is -2.33. The topological polar surface area (TPSA) is 44.3 Å². The lowest BCUT2D eigenvalue weighted by atomic mass is 10.3. The summed E-state index contributed by atoms with van der Waals surface area (Å²) in [6, 6.07) is 9.63. The second kappa shape index (κ2) is 7.38. The highest BCUT2D eigenvalue weighted by atomic mass is 35.5. The van der Waals surface area contributed by atoms with E-state index in [2.05, 4.69) is 32.1 Å². The maximum absolute atomic E-state index is 5.93. The van der Waals surface area contributed by atoms with Crippen molar-refractivity contribution in [1.29, 1.82) is 0 Å². The van der Waals surface area contributed by atoms with Crippen molar-refractivity contribution in [3.8, 4) is 0 Å². The van der Waals surface area contributed by atoms with Crippen molar-refractivity contribution < 1.29 is 0 Å². The van der Waals surface area contributed by atoms with Crippen LogP contribution in [0.3, 0.4) is 0 Å². The Hall–Kier alpha value is -1.50. The van der Waals surface area contributed by atoms with Gasteiger partial charge >= 0.3 is 0 Å². The number of nitrogens with one attached hydrogen (secondary N) is 1. The summed E-state index contributed by atoms with van der Waals surface area (Å²) in [5.41, 5.74) is 0.962. The fraction of sp³-hybridized carbons (Fsp3) is 0.375. The minimum Gasteiger partial charge on any atom is -0.354 e. The number of thioether (sulfide) groups is 1. The van der Waals surface area contributed by atoms with Crippen molar-refractivity contribution in [3.05, 3.63) is 35.4 Å². The third-order valence-electron chi connectivity index (χ3n) is 3.82. The van der Waals surface area contributed by atoms with Gasteiger partial charge in [0.25, 0.3) is 0 Å². The molecule has 1 aromatic carbocycles. The second-order valence-electron chi connectivity index (χ2n) is 5.52. The van der Waals surface area contributed by atoms with Crippen LogP contribution >= 0.6 is 23.4 Å². The minimum absolute atomic E-state index is 0.723. The fourth-order valence-corrected chi connectivity index (χ4v) is 2.95.